The molecule has 0 aliphatic carbocycles. The van der Waals surface area contributed by atoms with Gasteiger partial charge in [-0.25, -0.2) is 0 Å². The highest BCUT2D eigenvalue weighted by molar-refractivity contribution is 5.94. The molecular formula is C12H9N3O2. The van der Waals surface area contributed by atoms with Gasteiger partial charge in [-0.1, -0.05) is 5.16 Å². The SMILES string of the molecule is N#Cc1ccc(C(=O)NCc2ccon2)cc1. The van der Waals surface area contributed by atoms with Gasteiger partial charge < -0.3 is 9.84 Å². The Morgan fingerprint density at radius 3 is 2.71 bits per heavy atom. The Morgan fingerprint density at radius 2 is 2.12 bits per heavy atom. The summed E-state index contributed by atoms with van der Waals surface area (Å²) in [7, 11) is 0. The number of nitriles is 1. The number of nitrogens with zero attached hydrogens (tertiary/aromatic N) is 2. The first-order valence-corrected chi connectivity index (χ1v) is 4.97. The van der Waals surface area contributed by atoms with Gasteiger partial charge in [0.15, 0.2) is 0 Å². The number of benzene rings is 1. The van der Waals surface area contributed by atoms with Crippen molar-refractivity contribution < 1.29 is 9.32 Å². The Bertz CT molecular complexity index is 538. The minimum absolute atomic E-state index is 0.211. The van der Waals surface area contributed by atoms with Gasteiger partial charge in [-0.2, -0.15) is 5.26 Å². The molecule has 0 fully saturated rings. The van der Waals surface area contributed by atoms with Gasteiger partial charge in [0, 0.05) is 11.6 Å². The highest BCUT2D eigenvalue weighted by atomic mass is 16.5. The van der Waals surface area contributed by atoms with Crippen LogP contribution in [0.4, 0.5) is 0 Å². The smallest absolute Gasteiger partial charge is 0.251 e. The lowest BCUT2D eigenvalue weighted by atomic mass is 10.1. The summed E-state index contributed by atoms with van der Waals surface area (Å²) in [5, 5.41) is 15.0. The molecule has 5 heteroatoms. The second-order valence-corrected chi connectivity index (χ2v) is 3.36. The van der Waals surface area contributed by atoms with E-state index in [0.29, 0.717) is 23.4 Å². The number of hydrogen-bond acceptors (Lipinski definition) is 4. The van der Waals surface area contributed by atoms with Gasteiger partial charge in [0.05, 0.1) is 18.2 Å². The van der Waals surface area contributed by atoms with Crippen molar-refractivity contribution in [3.05, 3.63) is 53.4 Å². The third kappa shape index (κ3) is 2.69. The molecule has 0 saturated heterocycles. The van der Waals surface area contributed by atoms with Crippen LogP contribution >= 0.6 is 0 Å². The Hall–Kier alpha value is -2.61. The van der Waals surface area contributed by atoms with E-state index < -0.39 is 0 Å². The molecule has 1 heterocycles. The van der Waals surface area contributed by atoms with Crippen LogP contribution in [0.2, 0.25) is 0 Å². The van der Waals surface area contributed by atoms with Gasteiger partial charge in [-0.3, -0.25) is 4.79 Å². The van der Waals surface area contributed by atoms with Crippen LogP contribution < -0.4 is 5.32 Å². The Kier molecular flexibility index (Phi) is 3.17. The van der Waals surface area contributed by atoms with E-state index in [1.165, 1.54) is 6.26 Å². The van der Waals surface area contributed by atoms with Crippen LogP contribution in [0.3, 0.4) is 0 Å². The number of amides is 1. The van der Waals surface area contributed by atoms with Crippen molar-refractivity contribution in [3.8, 4) is 6.07 Å². The second kappa shape index (κ2) is 4.94. The number of hydrogen-bond donors (Lipinski definition) is 1. The maximum atomic E-state index is 11.7. The molecule has 0 aliphatic rings. The molecule has 84 valence electrons. The summed E-state index contributed by atoms with van der Waals surface area (Å²) >= 11 is 0. The van der Waals surface area contributed by atoms with Crippen LogP contribution in [0.25, 0.3) is 0 Å². The number of aromatic nitrogens is 1. The Balaban J connectivity index is 1.97. The van der Waals surface area contributed by atoms with Crippen molar-refractivity contribution in [2.24, 2.45) is 0 Å². The molecule has 1 aromatic carbocycles. The topological polar surface area (TPSA) is 78.9 Å². The fourth-order valence-corrected chi connectivity index (χ4v) is 1.30. The monoisotopic (exact) mass is 227 g/mol. The van der Waals surface area contributed by atoms with Crippen LogP contribution in [-0.4, -0.2) is 11.1 Å². The van der Waals surface area contributed by atoms with E-state index in [1.54, 1.807) is 30.3 Å². The molecule has 17 heavy (non-hydrogen) atoms. The molecule has 1 aromatic heterocycles. The zero-order valence-corrected chi connectivity index (χ0v) is 8.88. The molecule has 5 nitrogen and oxygen atoms in total. The molecule has 0 radical (unpaired) electrons. The second-order valence-electron chi connectivity index (χ2n) is 3.36. The molecule has 0 unspecified atom stereocenters. The summed E-state index contributed by atoms with van der Waals surface area (Å²) in [6.07, 6.45) is 1.45. The first kappa shape index (κ1) is 10.9. The van der Waals surface area contributed by atoms with E-state index in [1.807, 2.05) is 6.07 Å². The Morgan fingerprint density at radius 1 is 1.35 bits per heavy atom. The van der Waals surface area contributed by atoms with E-state index in [-0.39, 0.29) is 5.91 Å². The lowest BCUT2D eigenvalue weighted by Gasteiger charge is -2.02. The van der Waals surface area contributed by atoms with Crippen LogP contribution in [0.1, 0.15) is 21.6 Å². The minimum atomic E-state index is -0.211. The molecule has 0 spiro atoms. The van der Waals surface area contributed by atoms with E-state index >= 15 is 0 Å². The van der Waals surface area contributed by atoms with Gasteiger partial charge in [0.25, 0.3) is 5.91 Å². The zero-order chi connectivity index (χ0) is 12.1. The van der Waals surface area contributed by atoms with Crippen LogP contribution in [0.15, 0.2) is 41.1 Å². The molecule has 1 amide bonds. The number of carbonyl (C=O) groups excluding carboxylic acids is 1. The maximum Gasteiger partial charge on any atom is 0.251 e. The summed E-state index contributed by atoms with van der Waals surface area (Å²) < 4.78 is 4.65. The van der Waals surface area contributed by atoms with Crippen LogP contribution in [0.5, 0.6) is 0 Å². The number of rotatable bonds is 3. The molecule has 2 aromatic rings. The first-order valence-electron chi connectivity index (χ1n) is 4.97. The van der Waals surface area contributed by atoms with E-state index in [2.05, 4.69) is 15.0 Å². The standard InChI is InChI=1S/C12H9N3O2/c13-7-9-1-3-10(4-2-9)12(16)14-8-11-5-6-17-15-11/h1-6H,8H2,(H,14,16). The molecule has 0 aliphatic heterocycles. The summed E-state index contributed by atoms with van der Waals surface area (Å²) in [5.41, 5.74) is 1.69. The quantitative estimate of drug-likeness (QED) is 0.861. The van der Waals surface area contributed by atoms with Gasteiger partial charge in [0.2, 0.25) is 0 Å². The summed E-state index contributed by atoms with van der Waals surface area (Å²) in [6.45, 7) is 0.315. The highest BCUT2D eigenvalue weighted by Crippen LogP contribution is 2.03. The van der Waals surface area contributed by atoms with Crippen molar-refractivity contribution >= 4 is 5.91 Å². The van der Waals surface area contributed by atoms with Gasteiger partial charge in [0.1, 0.15) is 12.0 Å². The van der Waals surface area contributed by atoms with Crippen molar-refractivity contribution in [1.82, 2.24) is 10.5 Å². The predicted octanol–water partition coefficient (Wildman–Crippen LogP) is 1.48. The molecular weight excluding hydrogens is 218 g/mol. The van der Waals surface area contributed by atoms with Gasteiger partial charge >= 0.3 is 0 Å². The number of nitrogens with one attached hydrogen (secondary N) is 1. The van der Waals surface area contributed by atoms with Gasteiger partial charge in [-0.15, -0.1) is 0 Å². The molecule has 1 N–H and O–H groups in total. The molecule has 2 rings (SSSR count). The molecule has 0 saturated carbocycles. The summed E-state index contributed by atoms with van der Waals surface area (Å²) in [4.78, 5) is 11.7. The zero-order valence-electron chi connectivity index (χ0n) is 8.88. The van der Waals surface area contributed by atoms with E-state index in [4.69, 9.17) is 5.26 Å². The lowest BCUT2D eigenvalue weighted by Crippen LogP contribution is -2.22. The minimum Gasteiger partial charge on any atom is -0.364 e. The normalized spacial score (nSPS) is 9.59. The number of carbonyl (C=O) groups is 1. The van der Waals surface area contributed by atoms with Crippen molar-refractivity contribution in [1.29, 1.82) is 5.26 Å². The van der Waals surface area contributed by atoms with Crippen molar-refractivity contribution in [2.45, 2.75) is 6.54 Å². The van der Waals surface area contributed by atoms with Crippen molar-refractivity contribution in [3.63, 3.8) is 0 Å². The van der Waals surface area contributed by atoms with Gasteiger partial charge in [-0.05, 0) is 24.3 Å². The average molecular weight is 227 g/mol. The molecule has 0 atom stereocenters. The summed E-state index contributed by atoms with van der Waals surface area (Å²) in [5.74, 6) is -0.211. The third-order valence-electron chi connectivity index (χ3n) is 2.20. The van der Waals surface area contributed by atoms with E-state index in [0.717, 1.165) is 0 Å². The van der Waals surface area contributed by atoms with Crippen LogP contribution in [-0.2, 0) is 6.54 Å². The van der Waals surface area contributed by atoms with Crippen LogP contribution in [0, 0.1) is 11.3 Å². The van der Waals surface area contributed by atoms with Crippen molar-refractivity contribution in [2.75, 3.05) is 0 Å². The summed E-state index contributed by atoms with van der Waals surface area (Å²) in [6, 6.07) is 10.1. The van der Waals surface area contributed by atoms with E-state index in [9.17, 15) is 4.79 Å². The predicted molar refractivity (Wildman–Crippen MR) is 58.8 cm³/mol. The Labute approximate surface area is 97.7 Å². The molecule has 0 bridgehead atoms. The first-order chi connectivity index (χ1) is 8.29. The fourth-order valence-electron chi connectivity index (χ4n) is 1.30. The lowest BCUT2D eigenvalue weighted by molar-refractivity contribution is 0.0950. The fraction of sp³-hybridized carbons (Fsp3) is 0.0833. The average Bonchev–Trinajstić information content (AvgIpc) is 2.89. The maximum absolute atomic E-state index is 11.7. The highest BCUT2D eigenvalue weighted by Gasteiger charge is 2.05. The third-order valence-corrected chi connectivity index (χ3v) is 2.20. The largest absolute Gasteiger partial charge is 0.364 e.